The topological polar surface area (TPSA) is 20.3 Å². The van der Waals surface area contributed by atoms with E-state index in [9.17, 15) is 4.79 Å². The molecule has 1 aliphatic rings. The zero-order valence-corrected chi connectivity index (χ0v) is 14.0. The third-order valence-corrected chi connectivity index (χ3v) is 5.53. The predicted octanol–water partition coefficient (Wildman–Crippen LogP) is 4.55. The van der Waals surface area contributed by atoms with Crippen LogP contribution in [-0.2, 0) is 11.2 Å². The summed E-state index contributed by atoms with van der Waals surface area (Å²) in [4.78, 5) is 14.4. The lowest BCUT2D eigenvalue weighted by molar-refractivity contribution is -0.129. The Labute approximate surface area is 140 Å². The highest BCUT2D eigenvalue weighted by Gasteiger charge is 2.37. The Kier molecular flexibility index (Phi) is 4.74. The van der Waals surface area contributed by atoms with Gasteiger partial charge in [-0.05, 0) is 36.6 Å². The Morgan fingerprint density at radius 3 is 2.45 bits per heavy atom. The molecule has 0 spiro atoms. The molecule has 114 valence electrons. The van der Waals surface area contributed by atoms with Gasteiger partial charge in [-0.1, -0.05) is 54.1 Å². The van der Waals surface area contributed by atoms with Gasteiger partial charge in [-0.15, -0.1) is 11.8 Å². The zero-order chi connectivity index (χ0) is 15.5. The van der Waals surface area contributed by atoms with Crippen molar-refractivity contribution in [3.63, 3.8) is 0 Å². The summed E-state index contributed by atoms with van der Waals surface area (Å²) in [7, 11) is 0. The minimum Gasteiger partial charge on any atom is -0.325 e. The maximum absolute atomic E-state index is 12.5. The molecule has 3 rings (SSSR count). The molecule has 0 aromatic heterocycles. The van der Waals surface area contributed by atoms with Gasteiger partial charge in [0.05, 0.1) is 5.25 Å². The van der Waals surface area contributed by atoms with Crippen molar-refractivity contribution in [2.45, 2.75) is 24.0 Å². The summed E-state index contributed by atoms with van der Waals surface area (Å²) in [5.41, 5.74) is 2.40. The fourth-order valence-corrected chi connectivity index (χ4v) is 4.12. The second kappa shape index (κ2) is 6.76. The first kappa shape index (κ1) is 15.4. The molecule has 1 aliphatic heterocycles. The van der Waals surface area contributed by atoms with Gasteiger partial charge in [0.1, 0.15) is 5.37 Å². The van der Waals surface area contributed by atoms with Gasteiger partial charge >= 0.3 is 0 Å². The van der Waals surface area contributed by atoms with E-state index in [1.165, 1.54) is 5.56 Å². The highest BCUT2D eigenvalue weighted by molar-refractivity contribution is 8.01. The van der Waals surface area contributed by atoms with Crippen LogP contribution in [0.3, 0.4) is 0 Å². The quantitative estimate of drug-likeness (QED) is 0.819. The number of hydrogen-bond acceptors (Lipinski definition) is 2. The largest absolute Gasteiger partial charge is 0.325 e. The Balaban J connectivity index is 1.76. The molecule has 0 aliphatic carbocycles. The molecule has 4 heteroatoms. The number of benzene rings is 2. The van der Waals surface area contributed by atoms with Crippen molar-refractivity contribution in [2.75, 3.05) is 6.54 Å². The standard InChI is InChI=1S/C18H18ClNOS/c1-13-17(21)20(12-11-14-5-3-2-4-6-14)18(22-13)15-7-9-16(19)10-8-15/h2-10,13,18H,11-12H2,1H3. The van der Waals surface area contributed by atoms with Crippen LogP contribution in [0, 0.1) is 0 Å². The lowest BCUT2D eigenvalue weighted by atomic mass is 10.1. The number of rotatable bonds is 4. The molecule has 2 atom stereocenters. The van der Waals surface area contributed by atoms with Crippen LogP contribution >= 0.6 is 23.4 Å². The van der Waals surface area contributed by atoms with Crippen LogP contribution in [-0.4, -0.2) is 22.6 Å². The van der Waals surface area contributed by atoms with E-state index in [2.05, 4.69) is 12.1 Å². The SMILES string of the molecule is CC1SC(c2ccc(Cl)cc2)N(CCc2ccccc2)C1=O. The van der Waals surface area contributed by atoms with E-state index in [1.807, 2.05) is 54.3 Å². The fourth-order valence-electron chi connectivity index (χ4n) is 2.68. The highest BCUT2D eigenvalue weighted by atomic mass is 35.5. The first-order valence-corrected chi connectivity index (χ1v) is 8.72. The molecule has 2 nitrogen and oxygen atoms in total. The van der Waals surface area contributed by atoms with E-state index in [0.29, 0.717) is 0 Å². The van der Waals surface area contributed by atoms with Crippen LogP contribution in [0.4, 0.5) is 0 Å². The predicted molar refractivity (Wildman–Crippen MR) is 93.1 cm³/mol. The number of hydrogen-bond donors (Lipinski definition) is 0. The summed E-state index contributed by atoms with van der Waals surface area (Å²) in [5, 5.41) is 0.821. The average molecular weight is 332 g/mol. The van der Waals surface area contributed by atoms with Crippen LogP contribution in [0.1, 0.15) is 23.4 Å². The van der Waals surface area contributed by atoms with Crippen molar-refractivity contribution < 1.29 is 4.79 Å². The van der Waals surface area contributed by atoms with Gasteiger partial charge in [0, 0.05) is 11.6 Å². The van der Waals surface area contributed by atoms with Crippen molar-refractivity contribution in [2.24, 2.45) is 0 Å². The zero-order valence-electron chi connectivity index (χ0n) is 12.4. The molecule has 22 heavy (non-hydrogen) atoms. The van der Waals surface area contributed by atoms with E-state index < -0.39 is 0 Å². The maximum Gasteiger partial charge on any atom is 0.236 e. The smallest absolute Gasteiger partial charge is 0.236 e. The van der Waals surface area contributed by atoms with Gasteiger partial charge < -0.3 is 4.90 Å². The molecule has 2 aromatic carbocycles. The molecule has 2 aromatic rings. The first-order chi connectivity index (χ1) is 10.6. The lowest BCUT2D eigenvalue weighted by Crippen LogP contribution is -2.32. The van der Waals surface area contributed by atoms with Gasteiger partial charge in [0.2, 0.25) is 5.91 Å². The molecule has 2 unspecified atom stereocenters. The highest BCUT2D eigenvalue weighted by Crippen LogP contribution is 2.43. The summed E-state index contributed by atoms with van der Waals surface area (Å²) in [6.07, 6.45) is 0.879. The minimum atomic E-state index is 0.0106. The number of amides is 1. The Morgan fingerprint density at radius 1 is 1.09 bits per heavy atom. The normalized spacial score (nSPS) is 21.4. The molecule has 0 N–H and O–H groups in total. The van der Waals surface area contributed by atoms with E-state index in [0.717, 1.165) is 23.6 Å². The van der Waals surface area contributed by atoms with Gasteiger partial charge in [-0.2, -0.15) is 0 Å². The Morgan fingerprint density at radius 2 is 1.77 bits per heavy atom. The number of carbonyl (C=O) groups is 1. The minimum absolute atomic E-state index is 0.0106. The molecule has 0 saturated carbocycles. The summed E-state index contributed by atoms with van der Waals surface area (Å²) in [6, 6.07) is 18.1. The molecule has 0 bridgehead atoms. The second-order valence-corrected chi connectivity index (χ2v) is 7.31. The molecule has 0 radical (unpaired) electrons. The number of thioether (sulfide) groups is 1. The Hall–Kier alpha value is -1.45. The monoisotopic (exact) mass is 331 g/mol. The van der Waals surface area contributed by atoms with Gasteiger partial charge in [0.15, 0.2) is 0 Å². The number of halogens is 1. The lowest BCUT2D eigenvalue weighted by Gasteiger charge is -2.24. The molecule has 1 saturated heterocycles. The fraction of sp³-hybridized carbons (Fsp3) is 0.278. The average Bonchev–Trinajstić information content (AvgIpc) is 2.82. The summed E-state index contributed by atoms with van der Waals surface area (Å²) < 4.78 is 0. The van der Waals surface area contributed by atoms with E-state index in [4.69, 9.17) is 11.6 Å². The number of nitrogens with zero attached hydrogens (tertiary/aromatic N) is 1. The third kappa shape index (κ3) is 3.31. The van der Waals surface area contributed by atoms with Crippen LogP contribution in [0.15, 0.2) is 54.6 Å². The Bertz CT molecular complexity index is 644. The molecular formula is C18H18ClNOS. The molecular weight excluding hydrogens is 314 g/mol. The molecule has 1 heterocycles. The summed E-state index contributed by atoms with van der Waals surface area (Å²) in [6.45, 7) is 2.73. The summed E-state index contributed by atoms with van der Waals surface area (Å²) in [5.74, 6) is 0.223. The van der Waals surface area contributed by atoms with Crippen LogP contribution in [0.2, 0.25) is 5.02 Å². The van der Waals surface area contributed by atoms with E-state index >= 15 is 0 Å². The van der Waals surface area contributed by atoms with E-state index in [1.54, 1.807) is 11.8 Å². The van der Waals surface area contributed by atoms with Crippen molar-refractivity contribution in [1.82, 2.24) is 4.90 Å². The second-order valence-electron chi connectivity index (χ2n) is 5.45. The van der Waals surface area contributed by atoms with Gasteiger partial charge in [0.25, 0.3) is 0 Å². The van der Waals surface area contributed by atoms with Gasteiger partial charge in [-0.25, -0.2) is 0 Å². The van der Waals surface area contributed by atoms with Crippen molar-refractivity contribution in [3.8, 4) is 0 Å². The number of carbonyl (C=O) groups excluding carboxylic acids is 1. The third-order valence-electron chi connectivity index (χ3n) is 3.89. The van der Waals surface area contributed by atoms with Crippen molar-refractivity contribution in [1.29, 1.82) is 0 Å². The van der Waals surface area contributed by atoms with Crippen LogP contribution in [0.25, 0.3) is 0 Å². The van der Waals surface area contributed by atoms with Crippen molar-refractivity contribution >= 4 is 29.3 Å². The van der Waals surface area contributed by atoms with Gasteiger partial charge in [-0.3, -0.25) is 4.79 Å². The first-order valence-electron chi connectivity index (χ1n) is 7.40. The molecule has 1 fully saturated rings. The van der Waals surface area contributed by atoms with E-state index in [-0.39, 0.29) is 16.5 Å². The maximum atomic E-state index is 12.5. The summed E-state index contributed by atoms with van der Waals surface area (Å²) >= 11 is 7.68. The van der Waals surface area contributed by atoms with Crippen molar-refractivity contribution in [3.05, 3.63) is 70.7 Å². The molecule has 1 amide bonds. The van der Waals surface area contributed by atoms with Crippen LogP contribution in [0.5, 0.6) is 0 Å². The van der Waals surface area contributed by atoms with Crippen LogP contribution < -0.4 is 0 Å².